The molecule has 2 aromatic rings. The number of amides is 1. The number of benzene rings is 2. The molecule has 0 spiro atoms. The monoisotopic (exact) mass is 334 g/mol. The van der Waals surface area contributed by atoms with Crippen molar-refractivity contribution in [3.8, 4) is 0 Å². The first-order chi connectivity index (χ1) is 12.2. The van der Waals surface area contributed by atoms with Gasteiger partial charge in [0.1, 0.15) is 0 Å². The first-order valence-corrected chi connectivity index (χ1v) is 9.39. The predicted octanol–water partition coefficient (Wildman–Crippen LogP) is 4.63. The fourth-order valence-electron chi connectivity index (χ4n) is 3.71. The summed E-state index contributed by atoms with van der Waals surface area (Å²) in [7, 11) is 2.18. The van der Waals surface area contributed by atoms with Gasteiger partial charge in [-0.1, -0.05) is 24.3 Å². The van der Waals surface area contributed by atoms with Gasteiger partial charge in [0.05, 0.1) is 0 Å². The second-order valence-corrected chi connectivity index (χ2v) is 7.55. The fourth-order valence-corrected chi connectivity index (χ4v) is 3.71. The molecular weight excluding hydrogens is 308 g/mol. The highest BCUT2D eigenvalue weighted by molar-refractivity contribution is 6.04. The smallest absolute Gasteiger partial charge is 0.255 e. The number of hydrogen-bond donors (Lipinski definition) is 1. The third kappa shape index (κ3) is 3.93. The second kappa shape index (κ2) is 7.01. The summed E-state index contributed by atoms with van der Waals surface area (Å²) in [6.45, 7) is 2.31. The minimum Gasteiger partial charge on any atom is -0.322 e. The molecule has 2 aliphatic rings. The molecule has 1 amide bonds. The zero-order valence-corrected chi connectivity index (χ0v) is 14.9. The summed E-state index contributed by atoms with van der Waals surface area (Å²) in [6.07, 6.45) is 5.01. The Labute approximate surface area is 150 Å². The normalized spacial score (nSPS) is 18.9. The van der Waals surface area contributed by atoms with Crippen molar-refractivity contribution in [2.24, 2.45) is 0 Å². The van der Waals surface area contributed by atoms with Gasteiger partial charge < -0.3 is 10.2 Å². The minimum absolute atomic E-state index is 0.0332. The van der Waals surface area contributed by atoms with E-state index in [0.29, 0.717) is 5.92 Å². The summed E-state index contributed by atoms with van der Waals surface area (Å²) in [5.41, 5.74) is 4.34. The van der Waals surface area contributed by atoms with Crippen molar-refractivity contribution >= 4 is 11.6 Å². The highest BCUT2D eigenvalue weighted by Gasteiger charge is 2.23. The van der Waals surface area contributed by atoms with E-state index in [-0.39, 0.29) is 5.91 Å². The maximum atomic E-state index is 12.5. The van der Waals surface area contributed by atoms with Crippen LogP contribution < -0.4 is 5.32 Å². The molecule has 4 rings (SSSR count). The summed E-state index contributed by atoms with van der Waals surface area (Å²) in [5, 5.41) is 3.00. The highest BCUT2D eigenvalue weighted by Crippen LogP contribution is 2.40. The van der Waals surface area contributed by atoms with Gasteiger partial charge in [-0.05, 0) is 93.0 Å². The topological polar surface area (TPSA) is 32.3 Å². The van der Waals surface area contributed by atoms with Crippen molar-refractivity contribution in [2.75, 3.05) is 25.5 Å². The molecule has 1 saturated carbocycles. The van der Waals surface area contributed by atoms with Crippen LogP contribution in [0.2, 0.25) is 0 Å². The molecule has 0 radical (unpaired) electrons. The molecule has 1 aliphatic carbocycles. The second-order valence-electron chi connectivity index (χ2n) is 7.55. The Kier molecular flexibility index (Phi) is 4.58. The van der Waals surface area contributed by atoms with Gasteiger partial charge in [0.25, 0.3) is 5.91 Å². The van der Waals surface area contributed by atoms with E-state index in [4.69, 9.17) is 0 Å². The van der Waals surface area contributed by atoms with Gasteiger partial charge in [-0.3, -0.25) is 4.79 Å². The number of nitrogens with one attached hydrogen (secondary N) is 1. The minimum atomic E-state index is -0.0332. The highest BCUT2D eigenvalue weighted by atomic mass is 16.1. The van der Waals surface area contributed by atoms with Crippen molar-refractivity contribution < 1.29 is 4.79 Å². The molecule has 0 aromatic heterocycles. The number of piperidine rings is 1. The lowest BCUT2D eigenvalue weighted by Crippen LogP contribution is -2.29. The van der Waals surface area contributed by atoms with Gasteiger partial charge in [0, 0.05) is 11.3 Å². The Morgan fingerprint density at radius 3 is 1.92 bits per heavy atom. The summed E-state index contributed by atoms with van der Waals surface area (Å²) < 4.78 is 0. The molecule has 130 valence electrons. The summed E-state index contributed by atoms with van der Waals surface area (Å²) in [6, 6.07) is 16.5. The number of rotatable bonds is 4. The Hall–Kier alpha value is -2.13. The zero-order valence-electron chi connectivity index (χ0n) is 14.9. The summed E-state index contributed by atoms with van der Waals surface area (Å²) >= 11 is 0. The number of hydrogen-bond acceptors (Lipinski definition) is 2. The Balaban J connectivity index is 1.38. The zero-order chi connectivity index (χ0) is 17.2. The van der Waals surface area contributed by atoms with Crippen LogP contribution in [-0.2, 0) is 0 Å². The summed E-state index contributed by atoms with van der Waals surface area (Å²) in [5.74, 6) is 1.34. The van der Waals surface area contributed by atoms with Crippen molar-refractivity contribution in [3.05, 3.63) is 65.2 Å². The van der Waals surface area contributed by atoms with Crippen LogP contribution in [0.25, 0.3) is 0 Å². The average Bonchev–Trinajstić information content (AvgIpc) is 3.48. The summed E-state index contributed by atoms with van der Waals surface area (Å²) in [4.78, 5) is 14.8. The van der Waals surface area contributed by atoms with E-state index in [2.05, 4.69) is 41.5 Å². The molecule has 25 heavy (non-hydrogen) atoms. The Bertz CT molecular complexity index is 724. The van der Waals surface area contributed by atoms with Crippen molar-refractivity contribution in [2.45, 2.75) is 37.5 Å². The van der Waals surface area contributed by atoms with Crippen molar-refractivity contribution in [1.29, 1.82) is 0 Å². The van der Waals surface area contributed by atoms with Gasteiger partial charge in [-0.2, -0.15) is 0 Å². The first-order valence-electron chi connectivity index (χ1n) is 9.39. The van der Waals surface area contributed by atoms with Crippen LogP contribution in [0, 0.1) is 0 Å². The van der Waals surface area contributed by atoms with E-state index in [1.165, 1.54) is 36.8 Å². The number of carbonyl (C=O) groups is 1. The fraction of sp³-hybridized carbons (Fsp3) is 0.409. The molecule has 0 bridgehead atoms. The van der Waals surface area contributed by atoms with Gasteiger partial charge >= 0.3 is 0 Å². The van der Waals surface area contributed by atoms with Gasteiger partial charge in [0.15, 0.2) is 0 Å². The van der Waals surface area contributed by atoms with E-state index in [1.54, 1.807) is 0 Å². The Morgan fingerprint density at radius 2 is 1.36 bits per heavy atom. The maximum Gasteiger partial charge on any atom is 0.255 e. The van der Waals surface area contributed by atoms with Crippen LogP contribution in [-0.4, -0.2) is 30.9 Å². The SMILES string of the molecule is CN1CCC(c2ccc(C(=O)Nc3ccc(C4CC4)cc3)cc2)CC1. The third-order valence-corrected chi connectivity index (χ3v) is 5.58. The molecule has 3 heteroatoms. The Morgan fingerprint density at radius 1 is 0.840 bits per heavy atom. The van der Waals surface area contributed by atoms with Crippen molar-refractivity contribution in [3.63, 3.8) is 0 Å². The molecule has 2 aromatic carbocycles. The van der Waals surface area contributed by atoms with Crippen LogP contribution in [0.4, 0.5) is 5.69 Å². The predicted molar refractivity (Wildman–Crippen MR) is 102 cm³/mol. The number of carbonyl (C=O) groups excluding carboxylic acids is 1. The van der Waals surface area contributed by atoms with Gasteiger partial charge in [-0.25, -0.2) is 0 Å². The molecular formula is C22H26N2O. The molecule has 1 aliphatic heterocycles. The molecule has 1 N–H and O–H groups in total. The lowest BCUT2D eigenvalue weighted by atomic mass is 9.89. The largest absolute Gasteiger partial charge is 0.322 e. The van der Waals surface area contributed by atoms with Gasteiger partial charge in [0.2, 0.25) is 0 Å². The molecule has 3 nitrogen and oxygen atoms in total. The van der Waals surface area contributed by atoms with Crippen LogP contribution in [0.1, 0.15) is 59.0 Å². The standard InChI is InChI=1S/C22H26N2O/c1-24-14-12-19(13-15-24)17-4-6-20(7-5-17)22(25)23-21-10-8-18(9-11-21)16-2-3-16/h4-11,16,19H,2-3,12-15H2,1H3,(H,23,25). The van der Waals surface area contributed by atoms with E-state index < -0.39 is 0 Å². The third-order valence-electron chi connectivity index (χ3n) is 5.58. The molecule has 2 fully saturated rings. The quantitative estimate of drug-likeness (QED) is 0.884. The maximum absolute atomic E-state index is 12.5. The lowest BCUT2D eigenvalue weighted by molar-refractivity contribution is 0.102. The van der Waals surface area contributed by atoms with Crippen LogP contribution in [0.3, 0.4) is 0 Å². The first kappa shape index (κ1) is 16.3. The number of likely N-dealkylation sites (tertiary alicyclic amines) is 1. The molecule has 0 unspecified atom stereocenters. The van der Waals surface area contributed by atoms with Crippen LogP contribution in [0.5, 0.6) is 0 Å². The van der Waals surface area contributed by atoms with E-state index >= 15 is 0 Å². The van der Waals surface area contributed by atoms with E-state index in [1.807, 2.05) is 24.3 Å². The van der Waals surface area contributed by atoms with Crippen molar-refractivity contribution in [1.82, 2.24) is 4.90 Å². The van der Waals surface area contributed by atoms with Gasteiger partial charge in [-0.15, -0.1) is 0 Å². The number of nitrogens with zero attached hydrogens (tertiary/aromatic N) is 1. The average molecular weight is 334 g/mol. The molecule has 1 saturated heterocycles. The van der Waals surface area contributed by atoms with Crippen LogP contribution in [0.15, 0.2) is 48.5 Å². The van der Waals surface area contributed by atoms with E-state index in [9.17, 15) is 4.79 Å². The lowest BCUT2D eigenvalue weighted by Gasteiger charge is -2.29. The molecule has 0 atom stereocenters. The number of anilines is 1. The van der Waals surface area contributed by atoms with E-state index in [0.717, 1.165) is 30.3 Å². The molecule has 1 heterocycles. The van der Waals surface area contributed by atoms with Crippen LogP contribution >= 0.6 is 0 Å².